The number of aliphatic imine (C=N–C) groups is 2. The maximum absolute atomic E-state index is 12.4. The Bertz CT molecular complexity index is 4750. The van der Waals surface area contributed by atoms with Gasteiger partial charge in [-0.1, -0.05) is 0 Å². The number of aromatic nitrogens is 2. The fraction of sp³-hybridized carbons (Fsp3) is 0.492. The van der Waals surface area contributed by atoms with Gasteiger partial charge in [-0.25, -0.2) is 0 Å². The van der Waals surface area contributed by atoms with Crippen molar-refractivity contribution in [3.8, 4) is 0 Å². The molecule has 0 aliphatic carbocycles. The smallest absolute Gasteiger partial charge is 0.303 e. The van der Waals surface area contributed by atoms with Crippen molar-refractivity contribution in [3.63, 3.8) is 0 Å². The van der Waals surface area contributed by atoms with Crippen molar-refractivity contribution in [1.82, 2.24) is 8.47 Å². The van der Waals surface area contributed by atoms with Crippen LogP contribution < -0.4 is 11.0 Å². The zero-order chi connectivity index (χ0) is 70.7. The van der Waals surface area contributed by atoms with Gasteiger partial charge in [0.05, 0.1) is 6.61 Å². The maximum atomic E-state index is 12.4. The minimum absolute atomic E-state index is 0.0371. The Labute approximate surface area is 579 Å². The summed E-state index contributed by atoms with van der Waals surface area (Å²) in [4.78, 5) is 34.4. The number of amidine groups is 4. The normalized spacial score (nSPS) is 18.2. The summed E-state index contributed by atoms with van der Waals surface area (Å²) in [5.74, 6) is 0.819. The van der Waals surface area contributed by atoms with Gasteiger partial charge in [0, 0.05) is 6.42 Å². The summed E-state index contributed by atoms with van der Waals surface area (Å²) in [6.07, 6.45) is 3.58. The van der Waals surface area contributed by atoms with Crippen molar-refractivity contribution in [2.75, 3.05) is 102 Å². The molecule has 6 aliphatic rings. The Morgan fingerprint density at radius 2 is 0.808 bits per heavy atom. The first-order valence-corrected chi connectivity index (χ1v) is 49.3. The van der Waals surface area contributed by atoms with Crippen molar-refractivity contribution < 1.29 is 91.8 Å². The summed E-state index contributed by atoms with van der Waals surface area (Å²) < 4.78 is 180. The summed E-state index contributed by atoms with van der Waals surface area (Å²) in [6, 6.07) is 33.0. The number of carbonyl (C=O) groups is 1. The molecule has 4 aromatic carbocycles. The molecule has 27 nitrogen and oxygen atoms in total. The van der Waals surface area contributed by atoms with E-state index in [4.69, 9.17) is 29.4 Å². The van der Waals surface area contributed by atoms with Crippen molar-refractivity contribution in [1.29, 1.82) is 0 Å². The zero-order valence-corrected chi connectivity index (χ0v) is 62.9. The monoisotopic (exact) mass is 1490 g/mol. The van der Waals surface area contributed by atoms with Crippen molar-refractivity contribution in [2.45, 2.75) is 103 Å². The average Bonchev–Trinajstić information content (AvgIpc) is 1.49. The molecule has 6 aromatic rings. The summed E-state index contributed by atoms with van der Waals surface area (Å²) in [5, 5.41) is 3.08. The standard InChI is InChI=1S/C65H88N10O17S4Si3/c1-6-7-31-75(35-19-47-96(86,87)88,38-41-90-43-42-89-40-22-39-76)37-21-49-98(4,5)92-99(91-97(2,3)48-20-36-74(32-16-44-93(77,78)79,33-17-45-94(80,81)82)34-18-46-95(83,84)85)70-58-50-23-8-9-24-51(50)59(70)67-61-54-27-12-13-28-55(54)63(72(61)99)69-65-57-30-15-14-29-56(57)64(73(65)99)68-62-53-26-11-10-25-52(53)60(66-58)71(62)99/h8-15,23-30,39H,6-7,16-22,31-38,40-49H2,1-5H3,(H2-2,77,78,79,80,81,82,83,84,85,86,87,88)/p+2. The second-order valence-corrected chi connectivity index (χ2v) is 49.0. The van der Waals surface area contributed by atoms with E-state index in [0.717, 1.165) is 62.9 Å². The van der Waals surface area contributed by atoms with Crippen LogP contribution in [0.2, 0.25) is 38.3 Å². The summed E-state index contributed by atoms with van der Waals surface area (Å²) in [5.41, 5.74) is 4.12. The van der Waals surface area contributed by atoms with Crippen LogP contribution in [0.1, 0.15) is 87.0 Å². The van der Waals surface area contributed by atoms with Gasteiger partial charge in [-0.05, 0) is 0 Å². The second-order valence-electron chi connectivity index (χ2n) is 28.5. The number of fused-ring (bicyclic) bond motifs is 12. The third kappa shape index (κ3) is 13.1. The van der Waals surface area contributed by atoms with Crippen LogP contribution in [-0.4, -0.2) is 234 Å². The van der Waals surface area contributed by atoms with Gasteiger partial charge in [-0.3, -0.25) is 0 Å². The first kappa shape index (κ1) is 72.7. The molecule has 0 saturated heterocycles. The van der Waals surface area contributed by atoms with E-state index in [1.807, 2.05) is 97.1 Å². The molecule has 6 aliphatic heterocycles. The van der Waals surface area contributed by atoms with E-state index in [1.165, 1.54) is 0 Å². The first-order chi connectivity index (χ1) is 46.8. The molecule has 0 bridgehead atoms. The third-order valence-corrected chi connectivity index (χ3v) is 40.4. The number of nitrogens with zero attached hydrogens (tertiary/aromatic N) is 10. The second kappa shape index (κ2) is 26.7. The van der Waals surface area contributed by atoms with E-state index in [1.54, 1.807) is 0 Å². The molecule has 12 rings (SSSR count). The van der Waals surface area contributed by atoms with Crippen molar-refractivity contribution in [2.24, 2.45) is 20.0 Å². The molecule has 536 valence electrons. The van der Waals surface area contributed by atoms with E-state index in [9.17, 15) is 64.9 Å². The minimum atomic E-state index is -7.35. The van der Waals surface area contributed by atoms with Crippen LogP contribution in [0.3, 0.4) is 0 Å². The number of quaternary nitrogens is 2. The van der Waals surface area contributed by atoms with E-state index >= 15 is 0 Å². The molecule has 4 N–H and O–H groups in total. The van der Waals surface area contributed by atoms with Crippen LogP contribution in [0.25, 0.3) is 21.5 Å². The summed E-state index contributed by atoms with van der Waals surface area (Å²) in [7, 11) is -32.5. The molecule has 1 unspecified atom stereocenters. The van der Waals surface area contributed by atoms with Crippen LogP contribution in [0.4, 0.5) is 11.6 Å². The Kier molecular flexibility index (Phi) is 19.6. The Hall–Kier alpha value is -6.04. The number of aldehydes is 1. The predicted molar refractivity (Wildman–Crippen MR) is 384 cm³/mol. The number of carbonyl (C=O) groups excluding carboxylic acids is 1. The van der Waals surface area contributed by atoms with Crippen LogP contribution >= 0.6 is 0 Å². The molecule has 2 aromatic heterocycles. The zero-order valence-electron chi connectivity index (χ0n) is 56.6. The SMILES string of the molecule is CCCC[N+](CCC[Si](C)(C)O[Si-2]123(O[Si](C)(C)CCC[N+](CCCS(=O)(=O)O)(CCCS(=O)(=O)O)CCCS(=O)(=O)O)n4c5c6ccccc6c4N=C4c6ccccc6C(=[N+]41)N=c1c4ccccc4c(n12)=NC1=[N+]3C(=N5)c2ccccc21)(CCCS(=O)(=O)O)CCOCCOCCC=O. The van der Waals surface area contributed by atoms with Gasteiger partial charge < -0.3 is 4.79 Å². The number of unbranched alkanes of at least 4 members (excludes halogenated alkanes) is 1. The van der Waals surface area contributed by atoms with Gasteiger partial charge >= 0.3 is 559 Å². The fourth-order valence-electron chi connectivity index (χ4n) is 16.8. The van der Waals surface area contributed by atoms with Gasteiger partial charge in [0.2, 0.25) is 0 Å². The number of hydrogen-bond donors (Lipinski definition) is 4. The first-order valence-electron chi connectivity index (χ1n) is 34.1. The van der Waals surface area contributed by atoms with Gasteiger partial charge in [-0.2, -0.15) is 0 Å². The predicted octanol–water partition coefficient (Wildman–Crippen LogP) is 6.72. The van der Waals surface area contributed by atoms with E-state index in [0.29, 0.717) is 115 Å². The quantitative estimate of drug-likeness (QED) is 0.0102. The van der Waals surface area contributed by atoms with Crippen LogP contribution in [0, 0.1) is 0 Å². The molecule has 34 heteroatoms. The molecule has 0 fully saturated rings. The van der Waals surface area contributed by atoms with Crippen molar-refractivity contribution >= 4 is 128 Å². The molecule has 99 heavy (non-hydrogen) atoms. The molecular formula is C65H90N10O17S4Si3+2. The minimum Gasteiger partial charge on any atom is -0.303 e. The van der Waals surface area contributed by atoms with Gasteiger partial charge in [0.25, 0.3) is 0 Å². The van der Waals surface area contributed by atoms with Crippen LogP contribution in [0.5, 0.6) is 0 Å². The summed E-state index contributed by atoms with van der Waals surface area (Å²) >= 11 is 0. The number of rotatable bonds is 40. The number of ether oxygens (including phenoxy) is 2. The Morgan fingerprint density at radius 1 is 0.455 bits per heavy atom. The average molecular weight is 1500 g/mol. The van der Waals surface area contributed by atoms with Gasteiger partial charge in [-0.15, -0.1) is 0 Å². The van der Waals surface area contributed by atoms with E-state index in [2.05, 4.69) is 50.1 Å². The van der Waals surface area contributed by atoms with Crippen LogP contribution in [-0.2, 0) is 63.0 Å². The molecule has 1 atom stereocenters. The van der Waals surface area contributed by atoms with Crippen LogP contribution in [0.15, 0.2) is 117 Å². The number of hydrogen-bond acceptors (Lipinski definition) is 17. The van der Waals surface area contributed by atoms with E-state index in [-0.39, 0.29) is 76.0 Å². The molecule has 0 saturated carbocycles. The number of benzene rings is 4. The van der Waals surface area contributed by atoms with Gasteiger partial charge in [0.1, 0.15) is 6.29 Å². The molecule has 1 spiro atoms. The molecule has 8 heterocycles. The Morgan fingerprint density at radius 3 is 1.20 bits per heavy atom. The fourth-order valence-corrected chi connectivity index (χ4v) is 41.0. The van der Waals surface area contributed by atoms with E-state index < -0.39 is 87.9 Å². The summed E-state index contributed by atoms with van der Waals surface area (Å²) in [6.45, 7) is 14.6. The topological polar surface area (TPSA) is 337 Å². The molecular weight excluding hydrogens is 1410 g/mol. The molecule has 0 amide bonds. The van der Waals surface area contributed by atoms with Gasteiger partial charge in [0.15, 0.2) is 0 Å². The molecule has 0 radical (unpaired) electrons. The van der Waals surface area contributed by atoms with Crippen molar-refractivity contribution in [3.05, 3.63) is 130 Å². The Balaban J connectivity index is 1.10. The third-order valence-electron chi connectivity index (χ3n) is 20.5.